The second kappa shape index (κ2) is 5.41. The van der Waals surface area contributed by atoms with Crippen LogP contribution < -0.4 is 5.73 Å². The van der Waals surface area contributed by atoms with Crippen molar-refractivity contribution in [3.05, 3.63) is 41.6 Å². The van der Waals surface area contributed by atoms with Gasteiger partial charge in [-0.15, -0.1) is 0 Å². The van der Waals surface area contributed by atoms with Gasteiger partial charge in [0.1, 0.15) is 23.6 Å². The number of nitriles is 2. The van der Waals surface area contributed by atoms with Crippen LogP contribution in [0.15, 0.2) is 30.5 Å². The van der Waals surface area contributed by atoms with Crippen molar-refractivity contribution in [2.45, 2.75) is 12.2 Å². The molecule has 0 radical (unpaired) electrons. The number of hydrogen-bond donors (Lipinski definition) is 3. The quantitative estimate of drug-likeness (QED) is 0.684. The molecule has 7 nitrogen and oxygen atoms in total. The SMILES string of the molecule is N#Cc1cnn(-c2ccc(C(O)C(O)C#N)cc2)c1N. The molecule has 0 aliphatic carbocycles. The number of nitrogens with zero attached hydrogens (tertiary/aromatic N) is 4. The lowest BCUT2D eigenvalue weighted by Crippen LogP contribution is -2.15. The molecule has 100 valence electrons. The van der Waals surface area contributed by atoms with Crippen molar-refractivity contribution in [1.29, 1.82) is 10.5 Å². The molecule has 2 rings (SSSR count). The van der Waals surface area contributed by atoms with Crippen LogP contribution in [0.2, 0.25) is 0 Å². The molecule has 0 amide bonds. The zero-order valence-corrected chi connectivity index (χ0v) is 10.3. The number of nitrogen functional groups attached to an aromatic ring is 1. The number of anilines is 1. The third-order valence-electron chi connectivity index (χ3n) is 2.84. The molecule has 1 heterocycles. The molecule has 2 aromatic rings. The smallest absolute Gasteiger partial charge is 0.170 e. The molecule has 0 aliphatic rings. The molecular formula is C13H11N5O2. The van der Waals surface area contributed by atoms with Gasteiger partial charge >= 0.3 is 0 Å². The molecule has 20 heavy (non-hydrogen) atoms. The van der Waals surface area contributed by atoms with Gasteiger partial charge in [0.25, 0.3) is 0 Å². The average molecular weight is 269 g/mol. The topological polar surface area (TPSA) is 132 Å². The first kappa shape index (κ1) is 13.6. The molecule has 2 unspecified atom stereocenters. The minimum Gasteiger partial charge on any atom is -0.385 e. The summed E-state index contributed by atoms with van der Waals surface area (Å²) >= 11 is 0. The van der Waals surface area contributed by atoms with Gasteiger partial charge in [-0.3, -0.25) is 0 Å². The highest BCUT2D eigenvalue weighted by Crippen LogP contribution is 2.21. The first-order valence-corrected chi connectivity index (χ1v) is 5.68. The lowest BCUT2D eigenvalue weighted by molar-refractivity contribution is 0.0528. The van der Waals surface area contributed by atoms with Gasteiger partial charge < -0.3 is 15.9 Å². The van der Waals surface area contributed by atoms with Crippen molar-refractivity contribution in [2.75, 3.05) is 5.73 Å². The van der Waals surface area contributed by atoms with E-state index in [-0.39, 0.29) is 11.4 Å². The molecule has 0 fully saturated rings. The molecule has 0 aliphatic heterocycles. The monoisotopic (exact) mass is 269 g/mol. The highest BCUT2D eigenvalue weighted by atomic mass is 16.3. The summed E-state index contributed by atoms with van der Waals surface area (Å²) in [7, 11) is 0. The molecule has 0 saturated heterocycles. The third kappa shape index (κ3) is 2.31. The number of hydrogen-bond acceptors (Lipinski definition) is 6. The van der Waals surface area contributed by atoms with Crippen LogP contribution >= 0.6 is 0 Å². The summed E-state index contributed by atoms with van der Waals surface area (Å²) in [5.74, 6) is 0.220. The van der Waals surface area contributed by atoms with Crippen molar-refractivity contribution < 1.29 is 10.2 Å². The summed E-state index contributed by atoms with van der Waals surface area (Å²) in [6.07, 6.45) is -1.41. The Hall–Kier alpha value is -2.87. The maximum absolute atomic E-state index is 9.68. The van der Waals surface area contributed by atoms with Crippen LogP contribution in [0.5, 0.6) is 0 Å². The molecular weight excluding hydrogens is 258 g/mol. The first-order chi connectivity index (χ1) is 9.58. The Kier molecular flexibility index (Phi) is 3.67. The normalized spacial score (nSPS) is 13.2. The highest BCUT2D eigenvalue weighted by molar-refractivity contribution is 5.52. The molecule has 1 aromatic heterocycles. The Bertz CT molecular complexity index is 693. The molecule has 0 spiro atoms. The summed E-state index contributed by atoms with van der Waals surface area (Å²) in [4.78, 5) is 0. The van der Waals surface area contributed by atoms with E-state index in [1.165, 1.54) is 10.9 Å². The number of benzene rings is 1. The number of aliphatic hydroxyl groups excluding tert-OH is 2. The number of rotatable bonds is 3. The van der Waals surface area contributed by atoms with E-state index in [1.54, 1.807) is 30.3 Å². The van der Waals surface area contributed by atoms with Crippen LogP contribution in [0, 0.1) is 22.7 Å². The fourth-order valence-corrected chi connectivity index (χ4v) is 1.72. The Morgan fingerprint density at radius 2 is 1.85 bits per heavy atom. The molecule has 0 saturated carbocycles. The van der Waals surface area contributed by atoms with E-state index in [1.807, 2.05) is 6.07 Å². The van der Waals surface area contributed by atoms with E-state index in [0.29, 0.717) is 11.3 Å². The molecule has 1 aromatic carbocycles. The van der Waals surface area contributed by atoms with E-state index in [4.69, 9.17) is 16.3 Å². The first-order valence-electron chi connectivity index (χ1n) is 5.68. The largest absolute Gasteiger partial charge is 0.385 e. The van der Waals surface area contributed by atoms with Gasteiger partial charge in [0.05, 0.1) is 18.0 Å². The fourth-order valence-electron chi connectivity index (χ4n) is 1.72. The van der Waals surface area contributed by atoms with Crippen LogP contribution in [0.4, 0.5) is 5.82 Å². The predicted molar refractivity (Wildman–Crippen MR) is 69.3 cm³/mol. The highest BCUT2D eigenvalue weighted by Gasteiger charge is 2.17. The lowest BCUT2D eigenvalue weighted by Gasteiger charge is -2.12. The van der Waals surface area contributed by atoms with Gasteiger partial charge in [-0.05, 0) is 17.7 Å². The summed E-state index contributed by atoms with van der Waals surface area (Å²) in [5, 5.41) is 40.3. The maximum Gasteiger partial charge on any atom is 0.170 e. The minimum atomic E-state index is -1.49. The van der Waals surface area contributed by atoms with E-state index in [2.05, 4.69) is 5.10 Å². The Morgan fingerprint density at radius 3 is 2.35 bits per heavy atom. The Morgan fingerprint density at radius 1 is 1.20 bits per heavy atom. The van der Waals surface area contributed by atoms with Crippen molar-refractivity contribution in [3.63, 3.8) is 0 Å². The van der Waals surface area contributed by atoms with E-state index in [9.17, 15) is 10.2 Å². The van der Waals surface area contributed by atoms with Crippen molar-refractivity contribution in [3.8, 4) is 17.8 Å². The van der Waals surface area contributed by atoms with Crippen LogP contribution in [0.25, 0.3) is 5.69 Å². The minimum absolute atomic E-state index is 0.220. The predicted octanol–water partition coefficient (Wildman–Crippen LogP) is 0.244. The second-order valence-corrected chi connectivity index (χ2v) is 4.08. The maximum atomic E-state index is 9.68. The van der Waals surface area contributed by atoms with Gasteiger partial charge in [0.15, 0.2) is 6.10 Å². The van der Waals surface area contributed by atoms with Gasteiger partial charge in [0.2, 0.25) is 0 Å². The standard InChI is InChI=1S/C13H11N5O2/c14-5-9-7-17-18(13(9)16)10-3-1-8(2-4-10)12(20)11(19)6-15/h1-4,7,11-12,19-20H,16H2. The average Bonchev–Trinajstić information content (AvgIpc) is 2.86. The summed E-state index contributed by atoms with van der Waals surface area (Å²) in [6.45, 7) is 0. The second-order valence-electron chi connectivity index (χ2n) is 4.08. The number of aliphatic hydroxyl groups is 2. The van der Waals surface area contributed by atoms with Crippen LogP contribution in [-0.4, -0.2) is 26.1 Å². The van der Waals surface area contributed by atoms with Crippen molar-refractivity contribution in [1.82, 2.24) is 9.78 Å². The molecule has 7 heteroatoms. The number of nitrogens with two attached hydrogens (primary N) is 1. The van der Waals surface area contributed by atoms with E-state index < -0.39 is 12.2 Å². The summed E-state index contributed by atoms with van der Waals surface area (Å²) < 4.78 is 1.38. The lowest BCUT2D eigenvalue weighted by atomic mass is 10.1. The van der Waals surface area contributed by atoms with E-state index >= 15 is 0 Å². The molecule has 2 atom stereocenters. The van der Waals surface area contributed by atoms with Crippen LogP contribution in [-0.2, 0) is 0 Å². The van der Waals surface area contributed by atoms with Crippen molar-refractivity contribution >= 4 is 5.82 Å². The fraction of sp³-hybridized carbons (Fsp3) is 0.154. The zero-order valence-electron chi connectivity index (χ0n) is 10.3. The zero-order chi connectivity index (χ0) is 14.7. The number of aromatic nitrogens is 2. The summed E-state index contributed by atoms with van der Waals surface area (Å²) in [5.41, 5.74) is 7.03. The van der Waals surface area contributed by atoms with Gasteiger partial charge in [-0.2, -0.15) is 15.6 Å². The third-order valence-corrected chi connectivity index (χ3v) is 2.84. The van der Waals surface area contributed by atoms with Gasteiger partial charge in [0, 0.05) is 0 Å². The van der Waals surface area contributed by atoms with Gasteiger partial charge in [-0.1, -0.05) is 12.1 Å². The van der Waals surface area contributed by atoms with Crippen molar-refractivity contribution in [2.24, 2.45) is 0 Å². The molecule has 4 N–H and O–H groups in total. The molecule has 0 bridgehead atoms. The van der Waals surface area contributed by atoms with Crippen LogP contribution in [0.3, 0.4) is 0 Å². The van der Waals surface area contributed by atoms with Gasteiger partial charge in [-0.25, -0.2) is 4.68 Å². The van der Waals surface area contributed by atoms with E-state index in [0.717, 1.165) is 0 Å². The Labute approximate surface area is 114 Å². The summed E-state index contributed by atoms with van der Waals surface area (Å²) in [6, 6.07) is 9.82. The Balaban J connectivity index is 2.31. The van der Waals surface area contributed by atoms with Crippen LogP contribution in [0.1, 0.15) is 17.2 Å².